The van der Waals surface area contributed by atoms with Gasteiger partial charge in [-0.15, -0.1) is 0 Å². The summed E-state index contributed by atoms with van der Waals surface area (Å²) in [7, 11) is 0. The lowest BCUT2D eigenvalue weighted by atomic mass is 9.92. The van der Waals surface area contributed by atoms with Crippen LogP contribution in [-0.2, 0) is 0 Å². The third-order valence-corrected chi connectivity index (χ3v) is 4.10. The van der Waals surface area contributed by atoms with Gasteiger partial charge < -0.3 is 5.32 Å². The largest absolute Gasteiger partial charge is 0.309 e. The van der Waals surface area contributed by atoms with E-state index in [2.05, 4.69) is 37.9 Å². The number of hydrogen-bond donors (Lipinski definition) is 1. The van der Waals surface area contributed by atoms with Gasteiger partial charge in [-0.05, 0) is 32.3 Å². The summed E-state index contributed by atoms with van der Waals surface area (Å²) in [4.78, 5) is 2.56. The molecule has 0 aromatic heterocycles. The first-order valence-electron chi connectivity index (χ1n) is 6.29. The van der Waals surface area contributed by atoms with Crippen LogP contribution < -0.4 is 5.32 Å². The highest BCUT2D eigenvalue weighted by molar-refractivity contribution is 6.25. The van der Waals surface area contributed by atoms with Gasteiger partial charge in [0.2, 0.25) is 0 Å². The molecule has 1 fully saturated rings. The van der Waals surface area contributed by atoms with Gasteiger partial charge in [0.05, 0.1) is 0 Å². The lowest BCUT2D eigenvalue weighted by molar-refractivity contribution is 0.0910. The third kappa shape index (κ3) is 3.47. The van der Waals surface area contributed by atoms with Crippen molar-refractivity contribution in [3.8, 4) is 0 Å². The van der Waals surface area contributed by atoms with Gasteiger partial charge >= 0.3 is 0 Å². The summed E-state index contributed by atoms with van der Waals surface area (Å²) < 4.78 is 0. The Kier molecular flexibility index (Phi) is 5.29. The molecule has 1 saturated heterocycles. The molecule has 1 heterocycles. The maximum absolute atomic E-state index is 5.76. The Morgan fingerprint density at radius 2 is 2.25 bits per heavy atom. The number of rotatable bonds is 4. The second-order valence-electron chi connectivity index (χ2n) is 5.22. The Morgan fingerprint density at radius 3 is 2.75 bits per heavy atom. The maximum Gasteiger partial charge on any atom is 0.0278 e. The molecule has 1 rings (SSSR count). The molecule has 2 unspecified atom stereocenters. The maximum atomic E-state index is 5.76. The highest BCUT2D eigenvalue weighted by Gasteiger charge is 2.33. The lowest BCUT2D eigenvalue weighted by Gasteiger charge is -2.46. The summed E-state index contributed by atoms with van der Waals surface area (Å²) in [5.41, 5.74) is 3.22. The third-order valence-electron chi connectivity index (χ3n) is 3.72. The number of nitrogens with zero attached hydrogens (tertiary/aromatic N) is 1. The molecule has 0 spiro atoms. The second-order valence-corrected chi connectivity index (χ2v) is 5.44. The van der Waals surface area contributed by atoms with Crippen LogP contribution in [-0.4, -0.2) is 36.1 Å². The van der Waals surface area contributed by atoms with Crippen LogP contribution in [0.15, 0.2) is 11.1 Å². The number of nitrogens with one attached hydrogen (secondary N) is 1. The van der Waals surface area contributed by atoms with Crippen molar-refractivity contribution in [1.82, 2.24) is 10.2 Å². The van der Waals surface area contributed by atoms with Crippen molar-refractivity contribution in [3.05, 3.63) is 11.1 Å². The van der Waals surface area contributed by atoms with Gasteiger partial charge in [0.25, 0.3) is 0 Å². The molecule has 3 heteroatoms. The van der Waals surface area contributed by atoms with Gasteiger partial charge in [-0.25, -0.2) is 0 Å². The van der Waals surface area contributed by atoms with Crippen molar-refractivity contribution < 1.29 is 0 Å². The fourth-order valence-corrected chi connectivity index (χ4v) is 2.37. The molecule has 2 nitrogen and oxygen atoms in total. The Morgan fingerprint density at radius 1 is 1.56 bits per heavy atom. The van der Waals surface area contributed by atoms with Crippen LogP contribution >= 0.6 is 11.6 Å². The molecule has 1 aliphatic rings. The van der Waals surface area contributed by atoms with E-state index in [9.17, 15) is 0 Å². The summed E-state index contributed by atoms with van der Waals surface area (Å²) in [5, 5.41) is 3.67. The Hall–Kier alpha value is -0.0500. The predicted octanol–water partition coefficient (Wildman–Crippen LogP) is 2.98. The van der Waals surface area contributed by atoms with Crippen LogP contribution in [0.4, 0.5) is 0 Å². The van der Waals surface area contributed by atoms with Crippen molar-refractivity contribution in [2.45, 2.75) is 52.1 Å². The fraction of sp³-hybridized carbons (Fsp3) is 0.846. The SMILES string of the molecule is CCC1CNC(C)(CC)CN1CC(C)=CCl. The van der Waals surface area contributed by atoms with E-state index in [1.807, 2.05) is 0 Å². The first-order valence-corrected chi connectivity index (χ1v) is 6.73. The number of halogens is 1. The zero-order valence-corrected chi connectivity index (χ0v) is 11.8. The van der Waals surface area contributed by atoms with E-state index >= 15 is 0 Å². The van der Waals surface area contributed by atoms with Crippen molar-refractivity contribution in [2.24, 2.45) is 0 Å². The van der Waals surface area contributed by atoms with E-state index < -0.39 is 0 Å². The van der Waals surface area contributed by atoms with E-state index in [1.54, 1.807) is 5.54 Å². The first-order chi connectivity index (χ1) is 7.54. The Labute approximate surface area is 105 Å². The highest BCUT2D eigenvalue weighted by Crippen LogP contribution is 2.21. The van der Waals surface area contributed by atoms with Crippen molar-refractivity contribution in [3.63, 3.8) is 0 Å². The van der Waals surface area contributed by atoms with E-state index in [0.29, 0.717) is 6.04 Å². The molecule has 94 valence electrons. The summed E-state index contributed by atoms with van der Waals surface area (Å²) in [6.45, 7) is 12.1. The molecule has 1 aliphatic heterocycles. The first kappa shape index (κ1) is 14.0. The monoisotopic (exact) mass is 244 g/mol. The average Bonchev–Trinajstić information content (AvgIpc) is 2.29. The van der Waals surface area contributed by atoms with Gasteiger partial charge in [-0.1, -0.05) is 25.4 Å². The molecule has 1 N–H and O–H groups in total. The van der Waals surface area contributed by atoms with Crippen LogP contribution in [0.25, 0.3) is 0 Å². The van der Waals surface area contributed by atoms with E-state index in [0.717, 1.165) is 19.6 Å². The Balaban J connectivity index is 2.67. The van der Waals surface area contributed by atoms with Crippen molar-refractivity contribution >= 4 is 11.6 Å². The van der Waals surface area contributed by atoms with E-state index in [-0.39, 0.29) is 5.54 Å². The molecule has 0 bridgehead atoms. The normalized spacial score (nSPS) is 33.1. The van der Waals surface area contributed by atoms with E-state index in [1.165, 1.54) is 18.4 Å². The molecule has 0 amide bonds. The zero-order chi connectivity index (χ0) is 12.2. The topological polar surface area (TPSA) is 15.3 Å². The number of hydrogen-bond acceptors (Lipinski definition) is 2. The molecule has 0 saturated carbocycles. The minimum atomic E-state index is 0.262. The average molecular weight is 245 g/mol. The zero-order valence-electron chi connectivity index (χ0n) is 11.0. The summed E-state index contributed by atoms with van der Waals surface area (Å²) in [6.07, 6.45) is 2.37. The standard InChI is InChI=1S/C13H25ClN2/c1-5-12-8-15-13(4,6-2)10-16(12)9-11(3)7-14/h7,12,15H,5-6,8-10H2,1-4H3. The molecule has 16 heavy (non-hydrogen) atoms. The number of piperazine rings is 1. The Bertz CT molecular complexity index is 252. The van der Waals surface area contributed by atoms with Crippen LogP contribution in [0.2, 0.25) is 0 Å². The van der Waals surface area contributed by atoms with Gasteiger partial charge in [0.1, 0.15) is 0 Å². The molecule has 0 aliphatic carbocycles. The van der Waals surface area contributed by atoms with Crippen molar-refractivity contribution in [1.29, 1.82) is 0 Å². The minimum Gasteiger partial charge on any atom is -0.309 e. The second kappa shape index (κ2) is 6.04. The lowest BCUT2D eigenvalue weighted by Crippen LogP contribution is -2.62. The molecular formula is C13H25ClN2. The quantitative estimate of drug-likeness (QED) is 0.818. The molecule has 0 aromatic rings. The van der Waals surface area contributed by atoms with Gasteiger partial charge in [-0.3, -0.25) is 4.90 Å². The summed E-state index contributed by atoms with van der Waals surface area (Å²) in [6, 6.07) is 0.645. The molecule has 2 atom stereocenters. The predicted molar refractivity (Wildman–Crippen MR) is 72.0 cm³/mol. The van der Waals surface area contributed by atoms with E-state index in [4.69, 9.17) is 11.6 Å². The van der Waals surface area contributed by atoms with Crippen LogP contribution in [0, 0.1) is 0 Å². The summed E-state index contributed by atoms with van der Waals surface area (Å²) >= 11 is 5.76. The van der Waals surface area contributed by atoms with Crippen LogP contribution in [0.5, 0.6) is 0 Å². The fourth-order valence-electron chi connectivity index (χ4n) is 2.31. The molecule has 0 aromatic carbocycles. The highest BCUT2D eigenvalue weighted by atomic mass is 35.5. The van der Waals surface area contributed by atoms with Crippen LogP contribution in [0.3, 0.4) is 0 Å². The molecular weight excluding hydrogens is 220 g/mol. The van der Waals surface area contributed by atoms with Gasteiger partial charge in [0.15, 0.2) is 0 Å². The van der Waals surface area contributed by atoms with Crippen LogP contribution in [0.1, 0.15) is 40.5 Å². The minimum absolute atomic E-state index is 0.262. The summed E-state index contributed by atoms with van der Waals surface area (Å²) in [5.74, 6) is 0. The van der Waals surface area contributed by atoms with Gasteiger partial charge in [-0.2, -0.15) is 0 Å². The van der Waals surface area contributed by atoms with Crippen molar-refractivity contribution in [2.75, 3.05) is 19.6 Å². The smallest absolute Gasteiger partial charge is 0.0278 e. The van der Waals surface area contributed by atoms with Gasteiger partial charge in [0, 0.05) is 36.8 Å². The molecule has 0 radical (unpaired) electrons.